The Hall–Kier alpha value is -1.56. The molecule has 1 rings (SSSR count). The van der Waals surface area contributed by atoms with Crippen molar-refractivity contribution in [2.75, 3.05) is 7.11 Å². The SMILES string of the molecule is CCCC(C)NC(=O)C(C)n1cnc(Cl)c(OC)c1=O. The zero-order valence-corrected chi connectivity index (χ0v) is 12.9. The van der Waals surface area contributed by atoms with Gasteiger partial charge in [-0.3, -0.25) is 14.2 Å². The second-order valence-electron chi connectivity index (χ2n) is 4.66. The molecule has 0 bridgehead atoms. The molecule has 0 aliphatic carbocycles. The summed E-state index contributed by atoms with van der Waals surface area (Å²) in [6.07, 6.45) is 3.11. The lowest BCUT2D eigenvalue weighted by atomic mass is 10.2. The minimum atomic E-state index is -0.680. The molecule has 1 aromatic rings. The van der Waals surface area contributed by atoms with E-state index in [-0.39, 0.29) is 22.9 Å². The van der Waals surface area contributed by atoms with Gasteiger partial charge in [0.05, 0.1) is 7.11 Å². The summed E-state index contributed by atoms with van der Waals surface area (Å²) in [6.45, 7) is 5.60. The maximum Gasteiger partial charge on any atom is 0.298 e. The molecule has 2 atom stereocenters. The Kier molecular flexibility index (Phi) is 6.01. The van der Waals surface area contributed by atoms with Gasteiger partial charge < -0.3 is 10.1 Å². The third-order valence-corrected chi connectivity index (χ3v) is 3.29. The molecule has 6 nitrogen and oxygen atoms in total. The molecule has 1 N–H and O–H groups in total. The first-order valence-electron chi connectivity index (χ1n) is 6.53. The number of aromatic nitrogens is 2. The van der Waals surface area contributed by atoms with Gasteiger partial charge in [0, 0.05) is 6.04 Å². The number of amides is 1. The molecule has 1 amide bonds. The quantitative estimate of drug-likeness (QED) is 0.813. The topological polar surface area (TPSA) is 73.2 Å². The number of nitrogens with one attached hydrogen (secondary N) is 1. The summed E-state index contributed by atoms with van der Waals surface area (Å²) in [5.74, 6) is -0.297. The minimum absolute atomic E-state index is 0.0132. The van der Waals surface area contributed by atoms with Crippen molar-refractivity contribution in [1.29, 1.82) is 0 Å². The minimum Gasteiger partial charge on any atom is -0.489 e. The van der Waals surface area contributed by atoms with Crippen LogP contribution in [0.2, 0.25) is 5.15 Å². The first-order chi connectivity index (χ1) is 9.42. The van der Waals surface area contributed by atoms with Gasteiger partial charge in [0.2, 0.25) is 11.7 Å². The van der Waals surface area contributed by atoms with E-state index in [1.807, 2.05) is 13.8 Å². The van der Waals surface area contributed by atoms with Gasteiger partial charge in [-0.1, -0.05) is 24.9 Å². The van der Waals surface area contributed by atoms with E-state index in [2.05, 4.69) is 10.3 Å². The van der Waals surface area contributed by atoms with Crippen LogP contribution in [-0.4, -0.2) is 28.6 Å². The molecule has 0 fully saturated rings. The van der Waals surface area contributed by atoms with Crippen molar-refractivity contribution in [3.8, 4) is 5.75 Å². The highest BCUT2D eigenvalue weighted by atomic mass is 35.5. The second-order valence-corrected chi connectivity index (χ2v) is 5.01. The van der Waals surface area contributed by atoms with Crippen LogP contribution < -0.4 is 15.6 Å². The van der Waals surface area contributed by atoms with Crippen LogP contribution in [0, 0.1) is 0 Å². The number of ether oxygens (including phenoxy) is 1. The van der Waals surface area contributed by atoms with E-state index in [4.69, 9.17) is 16.3 Å². The third kappa shape index (κ3) is 3.72. The summed E-state index contributed by atoms with van der Waals surface area (Å²) in [7, 11) is 1.34. The number of hydrogen-bond donors (Lipinski definition) is 1. The van der Waals surface area contributed by atoms with Gasteiger partial charge in [0.15, 0.2) is 5.15 Å². The van der Waals surface area contributed by atoms with Crippen molar-refractivity contribution in [3.63, 3.8) is 0 Å². The van der Waals surface area contributed by atoms with E-state index in [0.29, 0.717) is 0 Å². The lowest BCUT2D eigenvalue weighted by molar-refractivity contribution is -0.124. The fourth-order valence-corrected chi connectivity index (χ4v) is 2.07. The number of hydrogen-bond acceptors (Lipinski definition) is 4. The monoisotopic (exact) mass is 301 g/mol. The molecule has 1 heterocycles. The van der Waals surface area contributed by atoms with Crippen LogP contribution in [0.3, 0.4) is 0 Å². The second kappa shape index (κ2) is 7.28. The molecular formula is C13H20ClN3O3. The average molecular weight is 302 g/mol. The molecule has 0 saturated heterocycles. The molecule has 0 aromatic carbocycles. The lowest BCUT2D eigenvalue weighted by Gasteiger charge is -2.19. The lowest BCUT2D eigenvalue weighted by Crippen LogP contribution is -2.40. The van der Waals surface area contributed by atoms with Crippen LogP contribution in [0.5, 0.6) is 5.75 Å². The molecule has 0 radical (unpaired) electrons. The van der Waals surface area contributed by atoms with Crippen molar-refractivity contribution in [3.05, 3.63) is 21.8 Å². The Morgan fingerprint density at radius 2 is 2.20 bits per heavy atom. The van der Waals surface area contributed by atoms with E-state index in [9.17, 15) is 9.59 Å². The number of carbonyl (C=O) groups excluding carboxylic acids is 1. The normalized spacial score (nSPS) is 13.7. The van der Waals surface area contributed by atoms with Gasteiger partial charge in [-0.2, -0.15) is 0 Å². The standard InChI is InChI=1S/C13H20ClN3O3/c1-5-6-8(2)16-12(18)9(3)17-7-15-11(14)10(20-4)13(17)19/h7-9H,5-6H2,1-4H3,(H,16,18). The number of nitrogens with zero attached hydrogens (tertiary/aromatic N) is 2. The summed E-state index contributed by atoms with van der Waals surface area (Å²) < 4.78 is 6.11. The van der Waals surface area contributed by atoms with Crippen LogP contribution in [0.25, 0.3) is 0 Å². The largest absolute Gasteiger partial charge is 0.489 e. The Bertz CT molecular complexity index is 530. The van der Waals surface area contributed by atoms with Crippen LogP contribution in [0.4, 0.5) is 0 Å². The maximum atomic E-state index is 12.1. The molecule has 0 aliphatic heterocycles. The van der Waals surface area contributed by atoms with Gasteiger partial charge in [-0.25, -0.2) is 4.98 Å². The molecule has 112 valence electrons. The van der Waals surface area contributed by atoms with Gasteiger partial charge in [0.1, 0.15) is 12.4 Å². The first-order valence-corrected chi connectivity index (χ1v) is 6.91. The van der Waals surface area contributed by atoms with Crippen LogP contribution in [-0.2, 0) is 4.79 Å². The molecule has 0 saturated carbocycles. The maximum absolute atomic E-state index is 12.1. The molecule has 1 aromatic heterocycles. The van der Waals surface area contributed by atoms with Crippen LogP contribution in [0.1, 0.15) is 39.7 Å². The summed E-state index contributed by atoms with van der Waals surface area (Å²) in [5.41, 5.74) is -0.474. The highest BCUT2D eigenvalue weighted by Gasteiger charge is 2.20. The molecule has 2 unspecified atom stereocenters. The Morgan fingerprint density at radius 1 is 1.55 bits per heavy atom. The molecule has 7 heteroatoms. The Morgan fingerprint density at radius 3 is 2.75 bits per heavy atom. The van der Waals surface area contributed by atoms with Gasteiger partial charge in [0.25, 0.3) is 5.56 Å². The molecule has 0 aliphatic rings. The van der Waals surface area contributed by atoms with Crippen LogP contribution in [0.15, 0.2) is 11.1 Å². The number of carbonyl (C=O) groups is 1. The van der Waals surface area contributed by atoms with Gasteiger partial charge >= 0.3 is 0 Å². The average Bonchev–Trinajstić information content (AvgIpc) is 2.38. The first kappa shape index (κ1) is 16.5. The zero-order valence-electron chi connectivity index (χ0n) is 12.1. The summed E-state index contributed by atoms with van der Waals surface area (Å²) in [5, 5.41) is 2.84. The van der Waals surface area contributed by atoms with E-state index in [0.717, 1.165) is 12.8 Å². The third-order valence-electron chi connectivity index (χ3n) is 3.02. The van der Waals surface area contributed by atoms with E-state index >= 15 is 0 Å². The number of rotatable bonds is 6. The summed E-state index contributed by atoms with van der Waals surface area (Å²) >= 11 is 5.76. The Balaban J connectivity index is 2.95. The van der Waals surface area contributed by atoms with Crippen LogP contribution >= 0.6 is 11.6 Å². The molecule has 20 heavy (non-hydrogen) atoms. The van der Waals surface area contributed by atoms with Crippen molar-refractivity contribution in [1.82, 2.24) is 14.9 Å². The molecular weight excluding hydrogens is 282 g/mol. The van der Waals surface area contributed by atoms with Crippen molar-refractivity contribution < 1.29 is 9.53 Å². The van der Waals surface area contributed by atoms with Gasteiger partial charge in [-0.15, -0.1) is 0 Å². The zero-order chi connectivity index (χ0) is 15.3. The van der Waals surface area contributed by atoms with E-state index < -0.39 is 11.6 Å². The Labute approximate surface area is 123 Å². The smallest absolute Gasteiger partial charge is 0.298 e. The highest BCUT2D eigenvalue weighted by molar-refractivity contribution is 6.30. The van der Waals surface area contributed by atoms with Crippen molar-refractivity contribution >= 4 is 17.5 Å². The predicted molar refractivity (Wildman–Crippen MR) is 77.3 cm³/mol. The van der Waals surface area contributed by atoms with E-state index in [1.54, 1.807) is 6.92 Å². The van der Waals surface area contributed by atoms with E-state index in [1.165, 1.54) is 18.0 Å². The van der Waals surface area contributed by atoms with Gasteiger partial charge in [-0.05, 0) is 20.3 Å². The summed E-state index contributed by atoms with van der Waals surface area (Å²) in [4.78, 5) is 28.1. The number of halogens is 1. The summed E-state index contributed by atoms with van der Waals surface area (Å²) in [6, 6.07) is -0.617. The highest BCUT2D eigenvalue weighted by Crippen LogP contribution is 2.16. The van der Waals surface area contributed by atoms with Crippen molar-refractivity contribution in [2.45, 2.75) is 45.7 Å². The number of methoxy groups -OCH3 is 1. The molecule has 0 spiro atoms. The fourth-order valence-electron chi connectivity index (χ4n) is 1.87. The van der Waals surface area contributed by atoms with Crippen molar-refractivity contribution in [2.24, 2.45) is 0 Å². The predicted octanol–water partition coefficient (Wildman–Crippen LogP) is 1.77. The fraction of sp³-hybridized carbons (Fsp3) is 0.615.